The van der Waals surface area contributed by atoms with Crippen molar-refractivity contribution in [3.8, 4) is 17.6 Å². The quantitative estimate of drug-likeness (QED) is 0.836. The Morgan fingerprint density at radius 2 is 1.89 bits per heavy atom. The van der Waals surface area contributed by atoms with Crippen LogP contribution in [0.5, 0.6) is 11.5 Å². The maximum absolute atomic E-state index is 9.01. The highest BCUT2D eigenvalue weighted by atomic mass is 79.9. The SMILES string of the molecule is N#Cc1cc(Cl)ccc1Oc1ccc(Br)cc1N. The highest BCUT2D eigenvalue weighted by Gasteiger charge is 2.08. The second kappa shape index (κ2) is 5.30. The van der Waals surface area contributed by atoms with E-state index in [9.17, 15) is 0 Å². The zero-order valence-corrected chi connectivity index (χ0v) is 11.5. The van der Waals surface area contributed by atoms with Crippen molar-refractivity contribution in [1.29, 1.82) is 5.26 Å². The topological polar surface area (TPSA) is 59.0 Å². The Hall–Kier alpha value is -1.70. The van der Waals surface area contributed by atoms with Crippen molar-refractivity contribution in [1.82, 2.24) is 0 Å². The van der Waals surface area contributed by atoms with E-state index in [0.29, 0.717) is 27.8 Å². The van der Waals surface area contributed by atoms with Crippen LogP contribution in [0.1, 0.15) is 5.56 Å². The van der Waals surface area contributed by atoms with Crippen LogP contribution in [0, 0.1) is 11.3 Å². The lowest BCUT2D eigenvalue weighted by Gasteiger charge is -2.10. The van der Waals surface area contributed by atoms with Gasteiger partial charge in [-0.1, -0.05) is 27.5 Å². The Morgan fingerprint density at radius 1 is 1.17 bits per heavy atom. The fourth-order valence-electron chi connectivity index (χ4n) is 1.41. The Morgan fingerprint density at radius 3 is 2.56 bits per heavy atom. The molecule has 2 aromatic carbocycles. The number of halogens is 2. The van der Waals surface area contributed by atoms with E-state index in [1.807, 2.05) is 12.1 Å². The van der Waals surface area contributed by atoms with Crippen molar-refractivity contribution in [2.24, 2.45) is 0 Å². The van der Waals surface area contributed by atoms with Crippen LogP contribution in [0.3, 0.4) is 0 Å². The Balaban J connectivity index is 2.37. The van der Waals surface area contributed by atoms with Gasteiger partial charge in [-0.25, -0.2) is 0 Å². The summed E-state index contributed by atoms with van der Waals surface area (Å²) >= 11 is 9.13. The standard InChI is InChI=1S/C13H8BrClN2O/c14-9-1-3-13(11(17)6-9)18-12-4-2-10(15)5-8(12)7-16/h1-6H,17H2. The molecule has 0 saturated heterocycles. The molecule has 0 fully saturated rings. The molecule has 90 valence electrons. The normalized spacial score (nSPS) is 9.83. The molecule has 2 N–H and O–H groups in total. The van der Waals surface area contributed by atoms with Crippen LogP contribution >= 0.6 is 27.5 Å². The van der Waals surface area contributed by atoms with Crippen LogP contribution < -0.4 is 10.5 Å². The van der Waals surface area contributed by atoms with Crippen molar-refractivity contribution in [3.63, 3.8) is 0 Å². The third-order valence-electron chi connectivity index (χ3n) is 2.25. The molecule has 0 unspecified atom stereocenters. The van der Waals surface area contributed by atoms with Crippen LogP contribution in [0.4, 0.5) is 5.69 Å². The number of benzene rings is 2. The van der Waals surface area contributed by atoms with Gasteiger partial charge >= 0.3 is 0 Å². The lowest BCUT2D eigenvalue weighted by Crippen LogP contribution is -1.93. The summed E-state index contributed by atoms with van der Waals surface area (Å²) in [4.78, 5) is 0. The van der Waals surface area contributed by atoms with Gasteiger partial charge in [-0.05, 0) is 36.4 Å². The molecular formula is C13H8BrClN2O. The molecule has 2 aromatic rings. The highest BCUT2D eigenvalue weighted by Crippen LogP contribution is 2.32. The molecule has 18 heavy (non-hydrogen) atoms. The first-order chi connectivity index (χ1) is 8.60. The highest BCUT2D eigenvalue weighted by molar-refractivity contribution is 9.10. The van der Waals surface area contributed by atoms with E-state index in [1.165, 1.54) is 0 Å². The van der Waals surface area contributed by atoms with Gasteiger partial charge in [0.2, 0.25) is 0 Å². The Kier molecular flexibility index (Phi) is 3.75. The van der Waals surface area contributed by atoms with Gasteiger partial charge in [0.25, 0.3) is 0 Å². The molecule has 0 radical (unpaired) electrons. The number of nitrogens with two attached hydrogens (primary N) is 1. The summed E-state index contributed by atoms with van der Waals surface area (Å²) in [6.07, 6.45) is 0. The van der Waals surface area contributed by atoms with Gasteiger partial charge in [-0.15, -0.1) is 0 Å². The van der Waals surface area contributed by atoms with E-state index >= 15 is 0 Å². The van der Waals surface area contributed by atoms with E-state index in [4.69, 9.17) is 27.3 Å². The molecule has 0 atom stereocenters. The molecule has 0 aliphatic rings. The third kappa shape index (κ3) is 2.76. The molecule has 0 aromatic heterocycles. The number of nitriles is 1. The Labute approximate surface area is 118 Å². The molecule has 0 heterocycles. The maximum atomic E-state index is 9.01. The molecule has 0 spiro atoms. The van der Waals surface area contributed by atoms with E-state index in [0.717, 1.165) is 4.47 Å². The Bertz CT molecular complexity index is 637. The third-order valence-corrected chi connectivity index (χ3v) is 2.98. The van der Waals surface area contributed by atoms with Crippen LogP contribution in [0.25, 0.3) is 0 Å². The number of rotatable bonds is 2. The van der Waals surface area contributed by atoms with E-state index in [1.54, 1.807) is 30.3 Å². The van der Waals surface area contributed by atoms with Crippen LogP contribution in [0.15, 0.2) is 40.9 Å². The number of anilines is 1. The number of hydrogen-bond acceptors (Lipinski definition) is 3. The molecule has 5 heteroatoms. The molecule has 2 rings (SSSR count). The summed E-state index contributed by atoms with van der Waals surface area (Å²) in [6.45, 7) is 0. The average molecular weight is 324 g/mol. The minimum Gasteiger partial charge on any atom is -0.454 e. The largest absolute Gasteiger partial charge is 0.454 e. The minimum atomic E-state index is 0.366. The van der Waals surface area contributed by atoms with Gasteiger partial charge in [-0.3, -0.25) is 0 Å². The zero-order valence-electron chi connectivity index (χ0n) is 9.15. The summed E-state index contributed by atoms with van der Waals surface area (Å²) in [5, 5.41) is 9.50. The maximum Gasteiger partial charge on any atom is 0.150 e. The second-order valence-corrected chi connectivity index (χ2v) is 4.89. The first-order valence-electron chi connectivity index (χ1n) is 5.02. The van der Waals surface area contributed by atoms with Crippen LogP contribution in [0.2, 0.25) is 5.02 Å². The fraction of sp³-hybridized carbons (Fsp3) is 0. The summed E-state index contributed by atoms with van der Waals surface area (Å²) in [7, 11) is 0. The molecule has 3 nitrogen and oxygen atoms in total. The van der Waals surface area contributed by atoms with Gasteiger partial charge in [0.05, 0.1) is 11.3 Å². The molecular weight excluding hydrogens is 316 g/mol. The van der Waals surface area contributed by atoms with Crippen LogP contribution in [-0.2, 0) is 0 Å². The fourth-order valence-corrected chi connectivity index (χ4v) is 1.96. The molecule has 0 bridgehead atoms. The summed E-state index contributed by atoms with van der Waals surface area (Å²) in [5.41, 5.74) is 6.68. The van der Waals surface area contributed by atoms with Crippen molar-refractivity contribution < 1.29 is 4.74 Å². The zero-order chi connectivity index (χ0) is 13.1. The van der Waals surface area contributed by atoms with Crippen molar-refractivity contribution in [2.45, 2.75) is 0 Å². The van der Waals surface area contributed by atoms with Crippen molar-refractivity contribution in [2.75, 3.05) is 5.73 Å². The average Bonchev–Trinajstić information content (AvgIpc) is 2.34. The minimum absolute atomic E-state index is 0.366. The smallest absolute Gasteiger partial charge is 0.150 e. The van der Waals surface area contributed by atoms with E-state index in [-0.39, 0.29) is 0 Å². The first-order valence-corrected chi connectivity index (χ1v) is 6.20. The molecule has 0 saturated carbocycles. The van der Waals surface area contributed by atoms with Crippen molar-refractivity contribution >= 4 is 33.2 Å². The first kappa shape index (κ1) is 12.7. The summed E-state index contributed by atoms with van der Waals surface area (Å²) in [5.74, 6) is 0.924. The number of nitrogens with zero attached hydrogens (tertiary/aromatic N) is 1. The lowest BCUT2D eigenvalue weighted by atomic mass is 10.2. The molecule has 0 amide bonds. The number of hydrogen-bond donors (Lipinski definition) is 1. The number of nitrogen functional groups attached to an aromatic ring is 1. The van der Waals surface area contributed by atoms with Gasteiger partial charge < -0.3 is 10.5 Å². The molecule has 0 aliphatic carbocycles. The molecule has 0 aliphatic heterocycles. The van der Waals surface area contributed by atoms with E-state index in [2.05, 4.69) is 15.9 Å². The number of ether oxygens (including phenoxy) is 1. The second-order valence-electron chi connectivity index (χ2n) is 3.54. The predicted octanol–water partition coefficient (Wildman–Crippen LogP) is 4.35. The lowest BCUT2D eigenvalue weighted by molar-refractivity contribution is 0.483. The van der Waals surface area contributed by atoms with Crippen LogP contribution in [-0.4, -0.2) is 0 Å². The summed E-state index contributed by atoms with van der Waals surface area (Å²) < 4.78 is 6.48. The van der Waals surface area contributed by atoms with Gasteiger partial charge in [0.1, 0.15) is 17.6 Å². The van der Waals surface area contributed by atoms with Gasteiger partial charge in [0, 0.05) is 9.50 Å². The van der Waals surface area contributed by atoms with E-state index < -0.39 is 0 Å². The predicted molar refractivity (Wildman–Crippen MR) is 74.8 cm³/mol. The summed E-state index contributed by atoms with van der Waals surface area (Å²) in [6, 6.07) is 12.2. The monoisotopic (exact) mass is 322 g/mol. The van der Waals surface area contributed by atoms with Crippen molar-refractivity contribution in [3.05, 3.63) is 51.5 Å². The van der Waals surface area contributed by atoms with Gasteiger partial charge in [0.15, 0.2) is 0 Å². The van der Waals surface area contributed by atoms with Gasteiger partial charge in [-0.2, -0.15) is 5.26 Å².